The monoisotopic (exact) mass is 425 g/mol. The number of hydrogen-bond acceptors (Lipinski definition) is 4. The number of furan rings is 1. The lowest BCUT2D eigenvalue weighted by Gasteiger charge is -2.15. The molecule has 1 amide bonds. The SMILES string of the molecule is CCOCCCNC(=O)c1ccc(-c2c(-c3ccc(F)cc3)ncn2C2CCCC2)o1. The Kier molecular flexibility index (Phi) is 6.82. The predicted octanol–water partition coefficient (Wildman–Crippen LogP) is 5.22. The third-order valence-corrected chi connectivity index (χ3v) is 5.65. The zero-order valence-corrected chi connectivity index (χ0v) is 17.8. The highest BCUT2D eigenvalue weighted by Crippen LogP contribution is 2.39. The van der Waals surface area contributed by atoms with Crippen molar-refractivity contribution in [2.24, 2.45) is 0 Å². The zero-order chi connectivity index (χ0) is 21.6. The maximum atomic E-state index is 13.4. The number of carbonyl (C=O) groups is 1. The molecule has 1 N–H and O–H groups in total. The molecule has 31 heavy (non-hydrogen) atoms. The minimum Gasteiger partial charge on any atom is -0.449 e. The topological polar surface area (TPSA) is 69.3 Å². The van der Waals surface area contributed by atoms with E-state index in [0.717, 1.165) is 36.2 Å². The van der Waals surface area contributed by atoms with E-state index >= 15 is 0 Å². The largest absolute Gasteiger partial charge is 0.449 e. The van der Waals surface area contributed by atoms with Gasteiger partial charge in [0.1, 0.15) is 11.5 Å². The summed E-state index contributed by atoms with van der Waals surface area (Å²) in [7, 11) is 0. The van der Waals surface area contributed by atoms with E-state index in [4.69, 9.17) is 9.15 Å². The maximum Gasteiger partial charge on any atom is 0.287 e. The van der Waals surface area contributed by atoms with Crippen molar-refractivity contribution in [2.45, 2.75) is 45.1 Å². The fraction of sp³-hybridized carbons (Fsp3) is 0.417. The summed E-state index contributed by atoms with van der Waals surface area (Å²) in [6.07, 6.45) is 7.11. The van der Waals surface area contributed by atoms with Gasteiger partial charge in [-0.05, 0) is 62.6 Å². The Hall–Kier alpha value is -2.93. The van der Waals surface area contributed by atoms with Gasteiger partial charge in [0, 0.05) is 31.4 Å². The van der Waals surface area contributed by atoms with Crippen LogP contribution in [0.1, 0.15) is 55.6 Å². The minimum atomic E-state index is -0.290. The van der Waals surface area contributed by atoms with E-state index in [2.05, 4.69) is 14.9 Å². The van der Waals surface area contributed by atoms with Crippen molar-refractivity contribution >= 4 is 5.91 Å². The van der Waals surface area contributed by atoms with Gasteiger partial charge in [-0.25, -0.2) is 9.37 Å². The molecule has 0 atom stereocenters. The van der Waals surface area contributed by atoms with E-state index in [0.29, 0.717) is 31.6 Å². The van der Waals surface area contributed by atoms with Crippen LogP contribution in [-0.2, 0) is 4.74 Å². The molecular weight excluding hydrogens is 397 g/mol. The number of benzene rings is 1. The lowest BCUT2D eigenvalue weighted by Crippen LogP contribution is -2.24. The lowest BCUT2D eigenvalue weighted by molar-refractivity contribution is 0.0917. The van der Waals surface area contributed by atoms with Crippen molar-refractivity contribution in [1.82, 2.24) is 14.9 Å². The maximum absolute atomic E-state index is 13.4. The molecule has 2 aromatic heterocycles. The van der Waals surface area contributed by atoms with Crippen LogP contribution in [0.5, 0.6) is 0 Å². The van der Waals surface area contributed by atoms with Gasteiger partial charge in [-0.1, -0.05) is 12.8 Å². The second kappa shape index (κ2) is 9.92. The van der Waals surface area contributed by atoms with Crippen LogP contribution in [-0.4, -0.2) is 35.2 Å². The standard InChI is InChI=1S/C24H28FN3O3/c1-2-30-15-5-14-26-24(29)21-13-12-20(31-21)23-22(17-8-10-18(25)11-9-17)27-16-28(23)19-6-3-4-7-19/h8-13,16,19H,2-7,14-15H2,1H3,(H,26,29). The minimum absolute atomic E-state index is 0.252. The molecule has 0 unspecified atom stereocenters. The van der Waals surface area contributed by atoms with E-state index in [9.17, 15) is 9.18 Å². The fourth-order valence-electron chi connectivity index (χ4n) is 4.08. The molecule has 164 valence electrons. The van der Waals surface area contributed by atoms with Crippen molar-refractivity contribution in [3.05, 3.63) is 54.3 Å². The molecule has 0 bridgehead atoms. The molecule has 1 saturated carbocycles. The fourth-order valence-corrected chi connectivity index (χ4v) is 4.08. The van der Waals surface area contributed by atoms with Crippen LogP contribution in [0.15, 0.2) is 47.1 Å². The van der Waals surface area contributed by atoms with Gasteiger partial charge in [0.25, 0.3) is 5.91 Å². The molecule has 0 spiro atoms. The summed E-state index contributed by atoms with van der Waals surface area (Å²) in [5.41, 5.74) is 2.37. The van der Waals surface area contributed by atoms with E-state index < -0.39 is 0 Å². The Bertz CT molecular complexity index is 1000. The molecule has 2 heterocycles. The summed E-state index contributed by atoms with van der Waals surface area (Å²) in [6, 6.07) is 10.1. The van der Waals surface area contributed by atoms with E-state index in [1.165, 1.54) is 25.0 Å². The highest BCUT2D eigenvalue weighted by Gasteiger charge is 2.25. The predicted molar refractivity (Wildman–Crippen MR) is 116 cm³/mol. The number of amides is 1. The average molecular weight is 426 g/mol. The molecule has 7 heteroatoms. The lowest BCUT2D eigenvalue weighted by atomic mass is 10.1. The Morgan fingerprint density at radius 3 is 2.74 bits per heavy atom. The Labute approximate surface area is 181 Å². The van der Waals surface area contributed by atoms with Gasteiger partial charge in [-0.3, -0.25) is 4.79 Å². The summed E-state index contributed by atoms with van der Waals surface area (Å²) in [6.45, 7) is 3.75. The first kappa shape index (κ1) is 21.3. The van der Waals surface area contributed by atoms with Crippen LogP contribution >= 0.6 is 0 Å². The van der Waals surface area contributed by atoms with Crippen LogP contribution < -0.4 is 5.32 Å². The number of nitrogens with one attached hydrogen (secondary N) is 1. The number of ether oxygens (including phenoxy) is 1. The first-order valence-electron chi connectivity index (χ1n) is 11.0. The molecule has 6 nitrogen and oxygen atoms in total. The smallest absolute Gasteiger partial charge is 0.287 e. The molecule has 1 fully saturated rings. The van der Waals surface area contributed by atoms with Crippen LogP contribution in [0, 0.1) is 5.82 Å². The number of nitrogens with zero attached hydrogens (tertiary/aromatic N) is 2. The number of aromatic nitrogens is 2. The van der Waals surface area contributed by atoms with Gasteiger partial charge >= 0.3 is 0 Å². The molecule has 3 aromatic rings. The molecule has 1 aliphatic carbocycles. The quantitative estimate of drug-likeness (QED) is 0.477. The second-order valence-electron chi connectivity index (χ2n) is 7.76. The highest BCUT2D eigenvalue weighted by molar-refractivity contribution is 5.92. The molecule has 0 saturated heterocycles. The summed E-state index contributed by atoms with van der Waals surface area (Å²) < 4.78 is 26.9. The van der Waals surface area contributed by atoms with Crippen molar-refractivity contribution < 1.29 is 18.3 Å². The number of hydrogen-bond donors (Lipinski definition) is 1. The zero-order valence-electron chi connectivity index (χ0n) is 17.8. The van der Waals surface area contributed by atoms with Crippen molar-refractivity contribution in [3.8, 4) is 22.7 Å². The molecule has 0 radical (unpaired) electrons. The first-order chi connectivity index (χ1) is 15.2. The van der Waals surface area contributed by atoms with E-state index in [1.807, 2.05) is 19.3 Å². The van der Waals surface area contributed by atoms with E-state index in [1.54, 1.807) is 18.2 Å². The van der Waals surface area contributed by atoms with E-state index in [-0.39, 0.29) is 17.5 Å². The van der Waals surface area contributed by atoms with Gasteiger partial charge in [-0.15, -0.1) is 0 Å². The van der Waals surface area contributed by atoms with Crippen molar-refractivity contribution in [2.75, 3.05) is 19.8 Å². The van der Waals surface area contributed by atoms with Crippen LogP contribution in [0.2, 0.25) is 0 Å². The van der Waals surface area contributed by atoms with Crippen molar-refractivity contribution in [3.63, 3.8) is 0 Å². The number of carbonyl (C=O) groups excluding carboxylic acids is 1. The number of halogens is 1. The summed E-state index contributed by atoms with van der Waals surface area (Å²) in [4.78, 5) is 17.1. The molecular formula is C24H28FN3O3. The van der Waals surface area contributed by atoms with Gasteiger partial charge in [0.05, 0.1) is 12.0 Å². The summed E-state index contributed by atoms with van der Waals surface area (Å²) in [5.74, 6) is 0.304. The first-order valence-corrected chi connectivity index (χ1v) is 11.0. The summed E-state index contributed by atoms with van der Waals surface area (Å²) >= 11 is 0. The third-order valence-electron chi connectivity index (χ3n) is 5.65. The third kappa shape index (κ3) is 4.88. The molecule has 1 aromatic carbocycles. The Morgan fingerprint density at radius 1 is 1.23 bits per heavy atom. The van der Waals surface area contributed by atoms with Gasteiger partial charge in [-0.2, -0.15) is 0 Å². The van der Waals surface area contributed by atoms with Gasteiger partial charge < -0.3 is 19.0 Å². The second-order valence-corrected chi connectivity index (χ2v) is 7.76. The van der Waals surface area contributed by atoms with Gasteiger partial charge in [0.2, 0.25) is 0 Å². The van der Waals surface area contributed by atoms with Crippen LogP contribution in [0.4, 0.5) is 4.39 Å². The highest BCUT2D eigenvalue weighted by atomic mass is 19.1. The van der Waals surface area contributed by atoms with Crippen LogP contribution in [0.3, 0.4) is 0 Å². The Morgan fingerprint density at radius 2 is 2.00 bits per heavy atom. The normalized spacial score (nSPS) is 14.3. The van der Waals surface area contributed by atoms with Gasteiger partial charge in [0.15, 0.2) is 11.5 Å². The number of rotatable bonds is 9. The molecule has 1 aliphatic rings. The summed E-state index contributed by atoms with van der Waals surface area (Å²) in [5, 5.41) is 2.86. The van der Waals surface area contributed by atoms with Crippen LogP contribution in [0.25, 0.3) is 22.7 Å². The molecule has 4 rings (SSSR count). The average Bonchev–Trinajstić information content (AvgIpc) is 3.53. The Balaban J connectivity index is 1.60. The number of imidazole rings is 1. The molecule has 0 aliphatic heterocycles. The van der Waals surface area contributed by atoms with Crippen molar-refractivity contribution in [1.29, 1.82) is 0 Å².